The number of nitrogens with zero attached hydrogens (tertiary/aromatic N) is 3. The van der Waals surface area contributed by atoms with E-state index in [0.717, 1.165) is 3.97 Å². The summed E-state index contributed by atoms with van der Waals surface area (Å²) >= 11 is 0. The van der Waals surface area contributed by atoms with E-state index in [1.807, 2.05) is 0 Å². The number of nitrogens with one attached hydrogen (secondary N) is 1. The first-order valence-electron chi connectivity index (χ1n) is 6.64. The molecule has 0 saturated carbocycles. The molecule has 0 radical (unpaired) electrons. The number of carbonyl (C=O) groups excluding carboxylic acids is 1. The Bertz CT molecular complexity index is 922. The van der Waals surface area contributed by atoms with Crippen LogP contribution in [0.4, 0.5) is 5.69 Å². The van der Waals surface area contributed by atoms with E-state index in [1.54, 1.807) is 30.3 Å². The number of carbonyl (C=O) groups is 1. The van der Waals surface area contributed by atoms with Gasteiger partial charge in [0.05, 0.1) is 5.69 Å². The molecule has 23 heavy (non-hydrogen) atoms. The summed E-state index contributed by atoms with van der Waals surface area (Å²) in [5.74, 6) is -0.418. The zero-order valence-electron chi connectivity index (χ0n) is 11.8. The van der Waals surface area contributed by atoms with Crippen molar-refractivity contribution in [1.29, 1.82) is 0 Å². The van der Waals surface area contributed by atoms with Crippen molar-refractivity contribution >= 4 is 21.6 Å². The lowest BCUT2D eigenvalue weighted by Crippen LogP contribution is -2.14. The Hall–Kier alpha value is -3.00. The number of aromatic nitrogens is 3. The monoisotopic (exact) mass is 328 g/mol. The van der Waals surface area contributed by atoms with Gasteiger partial charge in [-0.05, 0) is 30.3 Å². The molecule has 0 atom stereocenters. The van der Waals surface area contributed by atoms with E-state index < -0.39 is 15.9 Å². The predicted octanol–water partition coefficient (Wildman–Crippen LogP) is 1.77. The molecule has 0 bridgehead atoms. The van der Waals surface area contributed by atoms with Crippen molar-refractivity contribution in [3.05, 3.63) is 72.9 Å². The van der Waals surface area contributed by atoms with E-state index in [-0.39, 0.29) is 10.7 Å². The van der Waals surface area contributed by atoms with Gasteiger partial charge in [-0.2, -0.15) is 8.42 Å². The van der Waals surface area contributed by atoms with Crippen molar-refractivity contribution < 1.29 is 13.2 Å². The van der Waals surface area contributed by atoms with Crippen molar-refractivity contribution in [3.63, 3.8) is 0 Å². The quantitative estimate of drug-likeness (QED) is 0.787. The Balaban J connectivity index is 1.83. The smallest absolute Gasteiger partial charge is 0.285 e. The maximum atomic E-state index is 12.4. The van der Waals surface area contributed by atoms with Gasteiger partial charge in [0.1, 0.15) is 5.69 Å². The summed E-state index contributed by atoms with van der Waals surface area (Å²) < 4.78 is 25.8. The minimum absolute atomic E-state index is 0.0711. The minimum Gasteiger partial charge on any atom is -0.319 e. The van der Waals surface area contributed by atoms with E-state index in [1.165, 1.54) is 36.9 Å². The van der Waals surface area contributed by atoms with Crippen LogP contribution in [0.25, 0.3) is 0 Å². The standard InChI is InChI=1S/C15H12N4O3S/c20-15(13-5-1-3-8-16-13)18-12-7-10-19(11-12)23(21,22)14-6-2-4-9-17-14/h1-11H,(H,18,20). The molecular weight excluding hydrogens is 316 g/mol. The van der Waals surface area contributed by atoms with Crippen LogP contribution in [0, 0.1) is 0 Å². The van der Waals surface area contributed by atoms with E-state index in [4.69, 9.17) is 0 Å². The average molecular weight is 328 g/mol. The summed E-state index contributed by atoms with van der Waals surface area (Å²) in [7, 11) is -3.78. The van der Waals surface area contributed by atoms with Crippen molar-refractivity contribution in [2.45, 2.75) is 5.03 Å². The molecule has 3 heterocycles. The van der Waals surface area contributed by atoms with Crippen LogP contribution in [0.15, 0.2) is 72.3 Å². The Labute approximate surface area is 132 Å². The fourth-order valence-corrected chi connectivity index (χ4v) is 3.03. The molecular formula is C15H12N4O3S. The molecule has 0 aliphatic carbocycles. The van der Waals surface area contributed by atoms with Gasteiger partial charge in [-0.1, -0.05) is 12.1 Å². The van der Waals surface area contributed by atoms with Crippen LogP contribution >= 0.6 is 0 Å². The molecule has 3 aromatic heterocycles. The Morgan fingerprint density at radius 2 is 1.74 bits per heavy atom. The number of rotatable bonds is 4. The molecule has 0 saturated heterocycles. The molecule has 0 spiro atoms. The molecule has 0 fully saturated rings. The lowest BCUT2D eigenvalue weighted by Gasteiger charge is -2.04. The lowest BCUT2D eigenvalue weighted by molar-refractivity contribution is 0.102. The van der Waals surface area contributed by atoms with Crippen LogP contribution in [0.3, 0.4) is 0 Å². The summed E-state index contributed by atoms with van der Waals surface area (Å²) in [6.07, 6.45) is 5.56. The van der Waals surface area contributed by atoms with Crippen LogP contribution in [-0.4, -0.2) is 28.3 Å². The molecule has 0 aliphatic rings. The summed E-state index contributed by atoms with van der Waals surface area (Å²) in [5, 5.41) is 2.52. The fraction of sp³-hybridized carbons (Fsp3) is 0. The molecule has 1 amide bonds. The van der Waals surface area contributed by atoms with Crippen LogP contribution < -0.4 is 5.32 Å². The van der Waals surface area contributed by atoms with E-state index in [0.29, 0.717) is 5.69 Å². The van der Waals surface area contributed by atoms with Gasteiger partial charge in [-0.3, -0.25) is 9.78 Å². The number of hydrogen-bond donors (Lipinski definition) is 1. The van der Waals surface area contributed by atoms with Gasteiger partial charge in [-0.15, -0.1) is 0 Å². The summed E-state index contributed by atoms with van der Waals surface area (Å²) in [6, 6.07) is 11.1. The SMILES string of the molecule is O=C(Nc1ccn(S(=O)(=O)c2ccccn2)c1)c1ccccn1. The first kappa shape index (κ1) is 14.9. The third kappa shape index (κ3) is 3.11. The predicted molar refractivity (Wildman–Crippen MR) is 83.4 cm³/mol. The first-order chi connectivity index (χ1) is 11.1. The van der Waals surface area contributed by atoms with Gasteiger partial charge in [-0.25, -0.2) is 8.96 Å². The van der Waals surface area contributed by atoms with Crippen molar-refractivity contribution in [2.75, 3.05) is 5.32 Å². The molecule has 116 valence electrons. The molecule has 3 aromatic rings. The fourth-order valence-electron chi connectivity index (χ4n) is 1.90. The zero-order valence-corrected chi connectivity index (χ0v) is 12.6. The maximum absolute atomic E-state index is 12.4. The van der Waals surface area contributed by atoms with E-state index in [9.17, 15) is 13.2 Å². The van der Waals surface area contributed by atoms with Gasteiger partial charge in [0.2, 0.25) is 0 Å². The molecule has 3 rings (SSSR count). The summed E-state index contributed by atoms with van der Waals surface area (Å²) in [6.45, 7) is 0. The molecule has 7 nitrogen and oxygen atoms in total. The highest BCUT2D eigenvalue weighted by Crippen LogP contribution is 2.16. The highest BCUT2D eigenvalue weighted by atomic mass is 32.2. The van der Waals surface area contributed by atoms with E-state index >= 15 is 0 Å². The normalized spacial score (nSPS) is 11.1. The molecule has 0 aromatic carbocycles. The molecule has 1 N–H and O–H groups in total. The zero-order chi connectivity index (χ0) is 16.3. The molecule has 8 heteroatoms. The van der Waals surface area contributed by atoms with Gasteiger partial charge < -0.3 is 5.32 Å². The van der Waals surface area contributed by atoms with Crippen molar-refractivity contribution in [1.82, 2.24) is 13.9 Å². The Morgan fingerprint density at radius 1 is 1.00 bits per heavy atom. The van der Waals surface area contributed by atoms with Crippen LogP contribution in [0.2, 0.25) is 0 Å². The van der Waals surface area contributed by atoms with Gasteiger partial charge in [0, 0.05) is 24.8 Å². The maximum Gasteiger partial charge on any atom is 0.285 e. The van der Waals surface area contributed by atoms with Gasteiger partial charge >= 0.3 is 0 Å². The second-order valence-electron chi connectivity index (χ2n) is 4.57. The second kappa shape index (κ2) is 6.01. The largest absolute Gasteiger partial charge is 0.319 e. The number of pyridine rings is 2. The lowest BCUT2D eigenvalue weighted by atomic mass is 10.3. The van der Waals surface area contributed by atoms with Gasteiger partial charge in [0.25, 0.3) is 15.9 Å². The third-order valence-corrected chi connectivity index (χ3v) is 4.55. The summed E-state index contributed by atoms with van der Waals surface area (Å²) in [5.41, 5.74) is 0.591. The van der Waals surface area contributed by atoms with Crippen molar-refractivity contribution in [3.8, 4) is 0 Å². The highest BCUT2D eigenvalue weighted by Gasteiger charge is 2.18. The average Bonchev–Trinajstić information content (AvgIpc) is 3.06. The second-order valence-corrected chi connectivity index (χ2v) is 6.36. The highest BCUT2D eigenvalue weighted by molar-refractivity contribution is 7.89. The third-order valence-electron chi connectivity index (χ3n) is 3.00. The van der Waals surface area contributed by atoms with Crippen LogP contribution in [0.5, 0.6) is 0 Å². The number of hydrogen-bond acceptors (Lipinski definition) is 5. The Kier molecular flexibility index (Phi) is 3.90. The first-order valence-corrected chi connectivity index (χ1v) is 8.08. The number of anilines is 1. The van der Waals surface area contributed by atoms with E-state index in [2.05, 4.69) is 15.3 Å². The van der Waals surface area contributed by atoms with Crippen LogP contribution in [-0.2, 0) is 10.0 Å². The molecule has 0 unspecified atom stereocenters. The topological polar surface area (TPSA) is 94.0 Å². The Morgan fingerprint density at radius 3 is 2.39 bits per heavy atom. The molecule has 0 aliphatic heterocycles. The van der Waals surface area contributed by atoms with Crippen LogP contribution in [0.1, 0.15) is 10.5 Å². The number of amides is 1. The minimum atomic E-state index is -3.78. The van der Waals surface area contributed by atoms with Crippen molar-refractivity contribution in [2.24, 2.45) is 0 Å². The summed E-state index contributed by atoms with van der Waals surface area (Å²) in [4.78, 5) is 19.8. The van der Waals surface area contributed by atoms with Gasteiger partial charge in [0.15, 0.2) is 5.03 Å².